The van der Waals surface area contributed by atoms with Crippen LogP contribution in [0.1, 0.15) is 42.4 Å². The molecule has 14 heteroatoms. The number of para-hydroxylation sites is 1. The molecule has 7 nitrogen and oxygen atoms in total. The zero-order valence-corrected chi connectivity index (χ0v) is 26.9. The van der Waals surface area contributed by atoms with Gasteiger partial charge in [-0.1, -0.05) is 45.8 Å². The van der Waals surface area contributed by atoms with E-state index in [9.17, 15) is 50.6 Å². The Hall–Kier alpha value is -4.46. The van der Waals surface area contributed by atoms with E-state index in [1.807, 2.05) is 0 Å². The van der Waals surface area contributed by atoms with Gasteiger partial charge in [-0.3, -0.25) is 19.2 Å². The molecule has 0 spiro atoms. The van der Waals surface area contributed by atoms with Crippen LogP contribution in [0, 0.1) is 29.1 Å². The Morgan fingerprint density at radius 1 is 0.776 bits per heavy atom. The Morgan fingerprint density at radius 2 is 1.41 bits per heavy atom. The maximum Gasteiger partial charge on any atom is 0.416 e. The number of hydrogen-bond donors (Lipinski definition) is 1. The number of nitrogens with zero attached hydrogens (tertiary/aromatic N) is 2. The number of halogens is 7. The molecule has 2 aliphatic heterocycles. The van der Waals surface area contributed by atoms with Gasteiger partial charge in [-0.15, -0.1) is 0 Å². The Morgan fingerprint density at radius 3 is 2.02 bits per heavy atom. The SMILES string of the molecule is CC12C(=O)N(c3ccccc3)C(=O)C1CC1C(=CCC3C(=O)N(c4cc(C(F)(F)F)cc(C(F)(F)F)c4)C(=O)C31)C2c1cc(Br)ccc1O. The predicted molar refractivity (Wildman–Crippen MR) is 166 cm³/mol. The summed E-state index contributed by atoms with van der Waals surface area (Å²) in [7, 11) is 0. The summed E-state index contributed by atoms with van der Waals surface area (Å²) in [6.45, 7) is 1.62. The highest BCUT2D eigenvalue weighted by Gasteiger charge is 2.68. The van der Waals surface area contributed by atoms with Crippen LogP contribution in [0.5, 0.6) is 5.75 Å². The first kappa shape index (κ1) is 33.1. The zero-order chi connectivity index (χ0) is 35.4. The highest BCUT2D eigenvalue weighted by atomic mass is 79.9. The maximum atomic E-state index is 14.4. The lowest BCUT2D eigenvalue weighted by atomic mass is 9.51. The molecule has 0 radical (unpaired) electrons. The van der Waals surface area contributed by atoms with Crippen molar-refractivity contribution in [3.63, 3.8) is 0 Å². The molecule has 4 amide bonds. The van der Waals surface area contributed by atoms with Crippen molar-refractivity contribution in [1.82, 2.24) is 0 Å². The van der Waals surface area contributed by atoms with Gasteiger partial charge in [0.25, 0.3) is 0 Å². The molecule has 7 rings (SSSR count). The highest BCUT2D eigenvalue weighted by molar-refractivity contribution is 9.10. The standard InChI is InChI=1S/C35H25BrF6N2O5/c1-33-25(30(47)44(32(33)49)19-5-3-2-4-6-19)15-23-21(28(33)24-14-18(36)7-10-26(24)45)8-9-22-27(23)31(48)43(29(22)46)20-12-16(34(37,38)39)11-17(13-20)35(40,41)42/h2-8,10-14,22-23,25,27-28,45H,9,15H2,1H3. The van der Waals surface area contributed by atoms with Gasteiger partial charge < -0.3 is 5.11 Å². The van der Waals surface area contributed by atoms with Crippen molar-refractivity contribution < 1.29 is 50.6 Å². The molecule has 0 bridgehead atoms. The molecule has 3 aromatic carbocycles. The number of anilines is 2. The molecule has 2 heterocycles. The third-order valence-electron chi connectivity index (χ3n) is 10.4. The fourth-order valence-corrected chi connectivity index (χ4v) is 8.64. The molecule has 3 fully saturated rings. The molecule has 6 atom stereocenters. The second kappa shape index (κ2) is 11.0. The van der Waals surface area contributed by atoms with Crippen molar-refractivity contribution in [2.75, 3.05) is 9.80 Å². The van der Waals surface area contributed by atoms with Gasteiger partial charge in [0, 0.05) is 16.0 Å². The maximum absolute atomic E-state index is 14.4. The van der Waals surface area contributed by atoms with Gasteiger partial charge >= 0.3 is 12.4 Å². The number of phenolic OH excluding ortho intramolecular Hbond substituents is 1. The molecule has 2 saturated heterocycles. The van der Waals surface area contributed by atoms with E-state index in [0.717, 1.165) is 4.90 Å². The minimum atomic E-state index is -5.21. The smallest absolute Gasteiger partial charge is 0.416 e. The number of benzene rings is 3. The minimum Gasteiger partial charge on any atom is -0.508 e. The topological polar surface area (TPSA) is 95.0 Å². The molecule has 254 valence electrons. The number of aromatic hydroxyl groups is 1. The van der Waals surface area contributed by atoms with Gasteiger partial charge in [-0.25, -0.2) is 9.80 Å². The third-order valence-corrected chi connectivity index (χ3v) is 10.9. The van der Waals surface area contributed by atoms with Crippen LogP contribution < -0.4 is 9.80 Å². The van der Waals surface area contributed by atoms with E-state index >= 15 is 0 Å². The first-order valence-electron chi connectivity index (χ1n) is 15.2. The molecule has 6 unspecified atom stereocenters. The van der Waals surface area contributed by atoms with Crippen LogP contribution in [0.3, 0.4) is 0 Å². The molecule has 3 aromatic rings. The van der Waals surface area contributed by atoms with Crippen LogP contribution in [0.25, 0.3) is 0 Å². The van der Waals surface area contributed by atoms with E-state index in [2.05, 4.69) is 15.9 Å². The number of carbonyl (C=O) groups excluding carboxylic acids is 4. The van der Waals surface area contributed by atoms with Gasteiger partial charge in [0.2, 0.25) is 23.6 Å². The fourth-order valence-electron chi connectivity index (χ4n) is 8.26. The Labute approximate surface area is 283 Å². The number of fused-ring (bicyclic) bond motifs is 4. The average Bonchev–Trinajstić information content (AvgIpc) is 3.41. The molecule has 1 N–H and O–H groups in total. The summed E-state index contributed by atoms with van der Waals surface area (Å²) >= 11 is 3.39. The van der Waals surface area contributed by atoms with Crippen molar-refractivity contribution >= 4 is 50.9 Å². The Balaban J connectivity index is 1.37. The lowest BCUT2D eigenvalue weighted by Gasteiger charge is -2.49. The zero-order valence-electron chi connectivity index (χ0n) is 25.3. The summed E-state index contributed by atoms with van der Waals surface area (Å²) in [6, 6.07) is 13.4. The molecule has 0 aromatic heterocycles. The van der Waals surface area contributed by atoms with Crippen LogP contribution in [0.15, 0.2) is 82.9 Å². The first-order valence-corrected chi connectivity index (χ1v) is 16.0. The largest absolute Gasteiger partial charge is 0.508 e. The lowest BCUT2D eigenvalue weighted by molar-refractivity contribution is -0.143. The number of phenols is 1. The summed E-state index contributed by atoms with van der Waals surface area (Å²) in [5, 5.41) is 11.1. The predicted octanol–water partition coefficient (Wildman–Crippen LogP) is 7.63. The summed E-state index contributed by atoms with van der Waals surface area (Å²) in [6.07, 6.45) is -8.99. The number of hydrogen-bond acceptors (Lipinski definition) is 5. The van der Waals surface area contributed by atoms with E-state index < -0.39 is 87.8 Å². The monoisotopic (exact) mass is 746 g/mol. The second-order valence-electron chi connectivity index (χ2n) is 13.0. The number of carbonyl (C=O) groups is 4. The average molecular weight is 747 g/mol. The van der Waals surface area contributed by atoms with Gasteiger partial charge in [0.1, 0.15) is 5.75 Å². The summed E-state index contributed by atoms with van der Waals surface area (Å²) in [5.41, 5.74) is -4.64. The van der Waals surface area contributed by atoms with E-state index in [-0.39, 0.29) is 30.2 Å². The number of alkyl halides is 6. The Kier molecular flexibility index (Phi) is 7.44. The normalized spacial score (nSPS) is 28.4. The molecule has 1 saturated carbocycles. The summed E-state index contributed by atoms with van der Waals surface area (Å²) in [4.78, 5) is 58.0. The molecule has 49 heavy (non-hydrogen) atoms. The van der Waals surface area contributed by atoms with E-state index in [4.69, 9.17) is 0 Å². The summed E-state index contributed by atoms with van der Waals surface area (Å²) < 4.78 is 82.9. The van der Waals surface area contributed by atoms with Gasteiger partial charge in [-0.05, 0) is 74.2 Å². The number of imide groups is 2. The van der Waals surface area contributed by atoms with Crippen LogP contribution in [0.2, 0.25) is 0 Å². The quantitative estimate of drug-likeness (QED) is 0.169. The van der Waals surface area contributed by atoms with Gasteiger partial charge in [0.15, 0.2) is 0 Å². The van der Waals surface area contributed by atoms with Crippen LogP contribution in [0.4, 0.5) is 37.7 Å². The van der Waals surface area contributed by atoms with Gasteiger partial charge in [-0.2, -0.15) is 26.3 Å². The third kappa shape index (κ3) is 4.92. The van der Waals surface area contributed by atoms with Crippen molar-refractivity contribution in [2.24, 2.45) is 29.1 Å². The highest BCUT2D eigenvalue weighted by Crippen LogP contribution is 2.64. The van der Waals surface area contributed by atoms with E-state index in [0.29, 0.717) is 32.8 Å². The fraction of sp³-hybridized carbons (Fsp3) is 0.314. The van der Waals surface area contributed by atoms with E-state index in [1.165, 1.54) is 6.07 Å². The lowest BCUT2D eigenvalue weighted by Crippen LogP contribution is -2.48. The molecule has 4 aliphatic rings. The summed E-state index contributed by atoms with van der Waals surface area (Å²) in [5.74, 6) is -8.65. The number of allylic oxidation sites excluding steroid dienone is 2. The van der Waals surface area contributed by atoms with E-state index in [1.54, 1.807) is 55.5 Å². The number of rotatable bonds is 3. The van der Waals surface area contributed by atoms with Crippen LogP contribution >= 0.6 is 15.9 Å². The molecular weight excluding hydrogens is 722 g/mol. The molecule has 2 aliphatic carbocycles. The van der Waals surface area contributed by atoms with Crippen LogP contribution in [-0.4, -0.2) is 28.7 Å². The first-order chi connectivity index (χ1) is 22.9. The van der Waals surface area contributed by atoms with Gasteiger partial charge in [0.05, 0.1) is 45.7 Å². The van der Waals surface area contributed by atoms with Crippen LogP contribution in [-0.2, 0) is 31.5 Å². The second-order valence-corrected chi connectivity index (χ2v) is 13.9. The number of amides is 4. The minimum absolute atomic E-state index is 0.0839. The van der Waals surface area contributed by atoms with Crippen molar-refractivity contribution in [1.29, 1.82) is 0 Å². The Bertz CT molecular complexity index is 1950. The van der Waals surface area contributed by atoms with Crippen molar-refractivity contribution in [3.8, 4) is 5.75 Å². The van der Waals surface area contributed by atoms with Crippen molar-refractivity contribution in [3.05, 3.63) is 99.5 Å². The van der Waals surface area contributed by atoms with Crippen molar-refractivity contribution in [2.45, 2.75) is 38.0 Å². The molecular formula is C35H25BrF6N2O5.